The maximum Gasteiger partial charge on any atom is 0.0171 e. The second-order valence-corrected chi connectivity index (χ2v) is 7.15. The second-order valence-electron chi connectivity index (χ2n) is 5.92. The molecule has 2 heteroatoms. The zero-order valence-electron chi connectivity index (χ0n) is 9.68. The lowest BCUT2D eigenvalue weighted by atomic mass is 9.87. The first-order valence-corrected chi connectivity index (χ1v) is 6.98. The summed E-state index contributed by atoms with van der Waals surface area (Å²) in [5, 5.41) is 4.66. The minimum absolute atomic E-state index is 0.487. The molecule has 0 bridgehead atoms. The minimum Gasteiger partial charge on any atom is -0.310 e. The van der Waals surface area contributed by atoms with Gasteiger partial charge in [-0.05, 0) is 24.7 Å². The number of hydrogen-bond donors (Lipinski definition) is 1. The Morgan fingerprint density at radius 2 is 1.86 bits per heavy atom. The number of nitrogens with one attached hydrogen (secondary N) is 1. The van der Waals surface area contributed by atoms with Crippen LogP contribution in [0.1, 0.15) is 46.5 Å². The Morgan fingerprint density at radius 3 is 2.29 bits per heavy atom. The van der Waals surface area contributed by atoms with Crippen molar-refractivity contribution in [1.29, 1.82) is 0 Å². The lowest BCUT2D eigenvalue weighted by molar-refractivity contribution is 0.293. The van der Waals surface area contributed by atoms with Crippen molar-refractivity contribution >= 4 is 11.8 Å². The van der Waals surface area contributed by atoms with Gasteiger partial charge in [-0.3, -0.25) is 0 Å². The summed E-state index contributed by atoms with van der Waals surface area (Å²) in [7, 11) is 0. The molecule has 0 aromatic carbocycles. The van der Waals surface area contributed by atoms with Crippen LogP contribution < -0.4 is 5.32 Å². The van der Waals surface area contributed by atoms with Crippen LogP contribution in [0.5, 0.6) is 0 Å². The highest BCUT2D eigenvalue weighted by Crippen LogP contribution is 2.39. The summed E-state index contributed by atoms with van der Waals surface area (Å²) >= 11 is 2.17. The molecule has 14 heavy (non-hydrogen) atoms. The van der Waals surface area contributed by atoms with Gasteiger partial charge in [0.05, 0.1) is 0 Å². The zero-order valence-corrected chi connectivity index (χ0v) is 10.5. The molecular formula is C12H23NS. The van der Waals surface area contributed by atoms with Gasteiger partial charge < -0.3 is 5.32 Å². The first-order chi connectivity index (χ1) is 6.55. The average molecular weight is 213 g/mol. The van der Waals surface area contributed by atoms with Crippen LogP contribution in [0.2, 0.25) is 0 Å². The highest BCUT2D eigenvalue weighted by Gasteiger charge is 2.34. The van der Waals surface area contributed by atoms with Crippen molar-refractivity contribution in [2.45, 2.75) is 63.8 Å². The molecule has 1 aliphatic carbocycles. The molecule has 0 radical (unpaired) electrons. The van der Waals surface area contributed by atoms with E-state index < -0.39 is 0 Å². The minimum atomic E-state index is 0.487. The summed E-state index contributed by atoms with van der Waals surface area (Å²) < 4.78 is 0. The van der Waals surface area contributed by atoms with Gasteiger partial charge in [-0.15, -0.1) is 0 Å². The van der Waals surface area contributed by atoms with Crippen LogP contribution in [0.25, 0.3) is 0 Å². The summed E-state index contributed by atoms with van der Waals surface area (Å²) in [4.78, 5) is 0. The van der Waals surface area contributed by atoms with Crippen LogP contribution >= 0.6 is 11.8 Å². The van der Waals surface area contributed by atoms with Crippen molar-refractivity contribution in [3.63, 3.8) is 0 Å². The van der Waals surface area contributed by atoms with Crippen LogP contribution in [-0.2, 0) is 0 Å². The molecule has 1 nitrogen and oxygen atoms in total. The van der Waals surface area contributed by atoms with Gasteiger partial charge in [-0.1, -0.05) is 27.2 Å². The molecule has 82 valence electrons. The summed E-state index contributed by atoms with van der Waals surface area (Å²) in [6.45, 7) is 7.11. The van der Waals surface area contributed by atoms with Gasteiger partial charge in [0.2, 0.25) is 0 Å². The summed E-state index contributed by atoms with van der Waals surface area (Å²) in [5.41, 5.74) is 0.487. The van der Waals surface area contributed by atoms with E-state index in [9.17, 15) is 0 Å². The van der Waals surface area contributed by atoms with Gasteiger partial charge in [0.15, 0.2) is 0 Å². The van der Waals surface area contributed by atoms with Crippen molar-refractivity contribution < 1.29 is 0 Å². The van der Waals surface area contributed by atoms with E-state index in [1.807, 2.05) is 0 Å². The first-order valence-electron chi connectivity index (χ1n) is 5.93. The van der Waals surface area contributed by atoms with E-state index in [-0.39, 0.29) is 0 Å². The van der Waals surface area contributed by atoms with Crippen molar-refractivity contribution in [1.82, 2.24) is 5.32 Å². The van der Waals surface area contributed by atoms with E-state index in [0.29, 0.717) is 5.41 Å². The van der Waals surface area contributed by atoms with E-state index in [2.05, 4.69) is 37.8 Å². The molecule has 2 fully saturated rings. The van der Waals surface area contributed by atoms with Gasteiger partial charge >= 0.3 is 0 Å². The Bertz CT molecular complexity index is 193. The number of thioether (sulfide) groups is 1. The predicted molar refractivity (Wildman–Crippen MR) is 64.9 cm³/mol. The lowest BCUT2D eigenvalue weighted by Gasteiger charge is -2.30. The molecule has 0 aromatic rings. The molecule has 1 saturated carbocycles. The zero-order chi connectivity index (χ0) is 10.2. The van der Waals surface area contributed by atoms with E-state index in [0.717, 1.165) is 17.3 Å². The second kappa shape index (κ2) is 4.05. The van der Waals surface area contributed by atoms with Gasteiger partial charge in [-0.25, -0.2) is 0 Å². The van der Waals surface area contributed by atoms with Crippen molar-refractivity contribution in [2.24, 2.45) is 5.41 Å². The third kappa shape index (κ3) is 2.46. The molecule has 1 heterocycles. The summed E-state index contributed by atoms with van der Waals surface area (Å²) in [6, 6.07) is 1.66. The van der Waals surface area contributed by atoms with Crippen LogP contribution in [0.15, 0.2) is 0 Å². The van der Waals surface area contributed by atoms with E-state index >= 15 is 0 Å². The van der Waals surface area contributed by atoms with Gasteiger partial charge in [0.25, 0.3) is 0 Å². The fourth-order valence-corrected chi connectivity index (χ4v) is 3.82. The molecule has 2 atom stereocenters. The Kier molecular flexibility index (Phi) is 3.13. The summed E-state index contributed by atoms with van der Waals surface area (Å²) in [5.74, 6) is 1.33. The van der Waals surface area contributed by atoms with Crippen LogP contribution in [0.4, 0.5) is 0 Å². The first kappa shape index (κ1) is 10.8. The van der Waals surface area contributed by atoms with Gasteiger partial charge in [0.1, 0.15) is 0 Å². The summed E-state index contributed by atoms with van der Waals surface area (Å²) in [6.07, 6.45) is 5.66. The highest BCUT2D eigenvalue weighted by molar-refractivity contribution is 8.00. The van der Waals surface area contributed by atoms with Gasteiger partial charge in [0, 0.05) is 23.1 Å². The molecule has 0 amide bonds. The fraction of sp³-hybridized carbons (Fsp3) is 1.00. The Hall–Kier alpha value is 0.310. The monoisotopic (exact) mass is 213 g/mol. The fourth-order valence-electron chi connectivity index (χ4n) is 2.25. The highest BCUT2D eigenvalue weighted by atomic mass is 32.2. The molecule has 2 aliphatic rings. The number of hydrogen-bond acceptors (Lipinski definition) is 2. The average Bonchev–Trinajstić information content (AvgIpc) is 2.43. The predicted octanol–water partition coefficient (Wildman–Crippen LogP) is 3.05. The molecule has 1 aliphatic heterocycles. The molecular weight excluding hydrogens is 190 g/mol. The Morgan fingerprint density at radius 1 is 1.14 bits per heavy atom. The smallest absolute Gasteiger partial charge is 0.0171 e. The van der Waals surface area contributed by atoms with E-state index in [1.165, 1.54) is 31.4 Å². The molecule has 2 unspecified atom stereocenters. The molecule has 0 aromatic heterocycles. The van der Waals surface area contributed by atoms with Crippen LogP contribution in [-0.4, -0.2) is 23.1 Å². The SMILES string of the molecule is CC(C)(C)C1CC(NC2CCC2)CS1. The van der Waals surface area contributed by atoms with E-state index in [1.54, 1.807) is 0 Å². The molecule has 1 saturated heterocycles. The lowest BCUT2D eigenvalue weighted by Crippen LogP contribution is -2.42. The third-order valence-corrected chi connectivity index (χ3v) is 5.44. The number of rotatable bonds is 2. The molecule has 0 spiro atoms. The van der Waals surface area contributed by atoms with Crippen molar-refractivity contribution in [2.75, 3.05) is 5.75 Å². The van der Waals surface area contributed by atoms with Crippen molar-refractivity contribution in [3.05, 3.63) is 0 Å². The van der Waals surface area contributed by atoms with Gasteiger partial charge in [-0.2, -0.15) is 11.8 Å². The van der Waals surface area contributed by atoms with Crippen LogP contribution in [0.3, 0.4) is 0 Å². The normalized spacial score (nSPS) is 34.5. The third-order valence-electron chi connectivity index (χ3n) is 3.54. The quantitative estimate of drug-likeness (QED) is 0.756. The van der Waals surface area contributed by atoms with E-state index in [4.69, 9.17) is 0 Å². The maximum absolute atomic E-state index is 3.80. The standard InChI is InChI=1S/C12H23NS/c1-12(2,3)11-7-10(8-14-11)13-9-5-4-6-9/h9-11,13H,4-8H2,1-3H3. The Balaban J connectivity index is 1.76. The molecule has 2 rings (SSSR count). The topological polar surface area (TPSA) is 12.0 Å². The Labute approximate surface area is 92.4 Å². The van der Waals surface area contributed by atoms with Crippen molar-refractivity contribution in [3.8, 4) is 0 Å². The maximum atomic E-state index is 3.80. The largest absolute Gasteiger partial charge is 0.310 e. The molecule has 1 N–H and O–H groups in total. The van der Waals surface area contributed by atoms with Crippen LogP contribution in [0, 0.1) is 5.41 Å².